The normalized spacial score (nSPS) is 11.5. The van der Waals surface area contributed by atoms with Crippen LogP contribution in [0.25, 0.3) is 10.8 Å². The summed E-state index contributed by atoms with van der Waals surface area (Å²) in [7, 11) is 0. The SMILES string of the molecule is C/C(=N/NC(=O)Cc1ccc(Cl)cc1)c1cccc2ccccc12. The minimum absolute atomic E-state index is 0.156. The van der Waals surface area contributed by atoms with E-state index in [1.54, 1.807) is 12.1 Å². The lowest BCUT2D eigenvalue weighted by molar-refractivity contribution is -0.120. The van der Waals surface area contributed by atoms with Gasteiger partial charge in [0.25, 0.3) is 0 Å². The molecule has 0 saturated carbocycles. The number of amides is 1. The first-order valence-corrected chi connectivity index (χ1v) is 8.07. The average molecular weight is 337 g/mol. The summed E-state index contributed by atoms with van der Waals surface area (Å²) in [5.74, 6) is -0.156. The maximum Gasteiger partial charge on any atom is 0.244 e. The number of hydrogen-bond acceptors (Lipinski definition) is 2. The van der Waals surface area contributed by atoms with E-state index in [1.165, 1.54) is 0 Å². The van der Waals surface area contributed by atoms with Crippen LogP contribution in [-0.2, 0) is 11.2 Å². The summed E-state index contributed by atoms with van der Waals surface area (Å²) in [6.07, 6.45) is 0.267. The molecule has 0 bridgehead atoms. The standard InChI is InChI=1S/C20H17ClN2O/c1-14(18-8-4-6-16-5-2-3-7-19(16)18)22-23-20(24)13-15-9-11-17(21)12-10-15/h2-12H,13H2,1H3,(H,23,24)/b22-14-. The van der Waals surface area contributed by atoms with E-state index in [2.05, 4.69) is 28.7 Å². The molecule has 0 radical (unpaired) electrons. The summed E-state index contributed by atoms with van der Waals surface area (Å²) in [6, 6.07) is 21.4. The highest BCUT2D eigenvalue weighted by Gasteiger charge is 2.06. The van der Waals surface area contributed by atoms with Crippen molar-refractivity contribution in [2.75, 3.05) is 0 Å². The fourth-order valence-electron chi connectivity index (χ4n) is 2.57. The molecule has 3 aromatic carbocycles. The monoisotopic (exact) mass is 336 g/mol. The molecule has 120 valence electrons. The van der Waals surface area contributed by atoms with Gasteiger partial charge in [-0.05, 0) is 35.4 Å². The highest BCUT2D eigenvalue weighted by molar-refractivity contribution is 6.30. The van der Waals surface area contributed by atoms with Crippen LogP contribution in [0.15, 0.2) is 71.8 Å². The molecule has 1 amide bonds. The Morgan fingerprint density at radius 1 is 1.00 bits per heavy atom. The second-order valence-electron chi connectivity index (χ2n) is 5.56. The van der Waals surface area contributed by atoms with Crippen molar-refractivity contribution in [2.45, 2.75) is 13.3 Å². The summed E-state index contributed by atoms with van der Waals surface area (Å²) in [5.41, 5.74) is 5.31. The van der Waals surface area contributed by atoms with Crippen molar-refractivity contribution in [3.8, 4) is 0 Å². The van der Waals surface area contributed by atoms with Gasteiger partial charge in [-0.1, -0.05) is 66.2 Å². The number of nitrogens with zero attached hydrogens (tertiary/aromatic N) is 1. The van der Waals surface area contributed by atoms with Crippen LogP contribution in [0, 0.1) is 0 Å². The lowest BCUT2D eigenvalue weighted by Crippen LogP contribution is -2.21. The van der Waals surface area contributed by atoms with Gasteiger partial charge in [-0.3, -0.25) is 4.79 Å². The van der Waals surface area contributed by atoms with Gasteiger partial charge < -0.3 is 0 Å². The second kappa shape index (κ2) is 7.28. The fourth-order valence-corrected chi connectivity index (χ4v) is 2.70. The van der Waals surface area contributed by atoms with E-state index in [0.717, 1.165) is 27.6 Å². The molecular weight excluding hydrogens is 320 g/mol. The summed E-state index contributed by atoms with van der Waals surface area (Å²) in [6.45, 7) is 1.89. The molecule has 0 fully saturated rings. The molecule has 24 heavy (non-hydrogen) atoms. The molecule has 0 atom stereocenters. The van der Waals surface area contributed by atoms with Gasteiger partial charge in [-0.15, -0.1) is 0 Å². The molecule has 0 saturated heterocycles. The third kappa shape index (κ3) is 3.81. The number of fused-ring (bicyclic) bond motifs is 1. The van der Waals surface area contributed by atoms with Crippen LogP contribution in [-0.4, -0.2) is 11.6 Å². The molecule has 0 spiro atoms. The van der Waals surface area contributed by atoms with Gasteiger partial charge >= 0.3 is 0 Å². The first-order chi connectivity index (χ1) is 11.6. The Morgan fingerprint density at radius 3 is 2.50 bits per heavy atom. The maximum absolute atomic E-state index is 12.0. The average Bonchev–Trinajstić information content (AvgIpc) is 2.61. The van der Waals surface area contributed by atoms with Crippen LogP contribution in [0.2, 0.25) is 5.02 Å². The molecule has 0 aromatic heterocycles. The van der Waals surface area contributed by atoms with Crippen LogP contribution in [0.4, 0.5) is 0 Å². The van der Waals surface area contributed by atoms with E-state index >= 15 is 0 Å². The van der Waals surface area contributed by atoms with Crippen LogP contribution in [0.5, 0.6) is 0 Å². The Kier molecular flexibility index (Phi) is 4.92. The largest absolute Gasteiger partial charge is 0.273 e. The van der Waals surface area contributed by atoms with E-state index < -0.39 is 0 Å². The zero-order chi connectivity index (χ0) is 16.9. The van der Waals surface area contributed by atoms with Crippen LogP contribution in [0.1, 0.15) is 18.1 Å². The van der Waals surface area contributed by atoms with Crippen molar-refractivity contribution in [2.24, 2.45) is 5.10 Å². The van der Waals surface area contributed by atoms with E-state index in [0.29, 0.717) is 5.02 Å². The van der Waals surface area contributed by atoms with Crippen molar-refractivity contribution in [3.05, 3.63) is 82.9 Å². The predicted molar refractivity (Wildman–Crippen MR) is 99.5 cm³/mol. The highest BCUT2D eigenvalue weighted by Crippen LogP contribution is 2.19. The van der Waals surface area contributed by atoms with Crippen molar-refractivity contribution in [3.63, 3.8) is 0 Å². The third-order valence-corrected chi connectivity index (χ3v) is 4.06. The van der Waals surface area contributed by atoms with Gasteiger partial charge in [0.05, 0.1) is 12.1 Å². The maximum atomic E-state index is 12.0. The highest BCUT2D eigenvalue weighted by atomic mass is 35.5. The summed E-state index contributed by atoms with van der Waals surface area (Å²) in [5, 5.41) is 7.17. The second-order valence-corrected chi connectivity index (χ2v) is 6.00. The Morgan fingerprint density at radius 2 is 1.71 bits per heavy atom. The smallest absolute Gasteiger partial charge is 0.244 e. The number of carbonyl (C=O) groups excluding carboxylic acids is 1. The van der Waals surface area contributed by atoms with E-state index in [9.17, 15) is 4.79 Å². The van der Waals surface area contributed by atoms with Gasteiger partial charge in [-0.25, -0.2) is 5.43 Å². The van der Waals surface area contributed by atoms with Gasteiger partial charge in [0.15, 0.2) is 0 Å². The molecule has 0 aliphatic carbocycles. The van der Waals surface area contributed by atoms with Crippen LogP contribution < -0.4 is 5.43 Å². The van der Waals surface area contributed by atoms with Crippen molar-refractivity contribution >= 4 is 34.0 Å². The quantitative estimate of drug-likeness (QED) is 0.550. The Hall–Kier alpha value is -2.65. The number of carbonyl (C=O) groups is 1. The molecule has 3 rings (SSSR count). The van der Waals surface area contributed by atoms with Gasteiger partial charge in [-0.2, -0.15) is 5.10 Å². The van der Waals surface area contributed by atoms with E-state index in [1.807, 2.05) is 43.3 Å². The van der Waals surface area contributed by atoms with Crippen LogP contribution >= 0.6 is 11.6 Å². The first-order valence-electron chi connectivity index (χ1n) is 7.69. The molecule has 3 aromatic rings. The van der Waals surface area contributed by atoms with Crippen molar-refractivity contribution < 1.29 is 4.79 Å². The van der Waals surface area contributed by atoms with E-state index in [4.69, 9.17) is 11.6 Å². The topological polar surface area (TPSA) is 41.5 Å². The summed E-state index contributed by atoms with van der Waals surface area (Å²) >= 11 is 5.84. The third-order valence-electron chi connectivity index (χ3n) is 3.81. The number of nitrogens with one attached hydrogen (secondary N) is 1. The minimum atomic E-state index is -0.156. The lowest BCUT2D eigenvalue weighted by atomic mass is 10.0. The molecular formula is C20H17ClN2O. The fraction of sp³-hybridized carbons (Fsp3) is 0.100. The molecule has 0 heterocycles. The molecule has 4 heteroatoms. The van der Waals surface area contributed by atoms with E-state index in [-0.39, 0.29) is 12.3 Å². The molecule has 0 aliphatic heterocycles. The number of rotatable bonds is 4. The Bertz CT molecular complexity index is 896. The first kappa shape index (κ1) is 16.2. The predicted octanol–water partition coefficient (Wildman–Crippen LogP) is 4.58. The lowest BCUT2D eigenvalue weighted by Gasteiger charge is -2.07. The Labute approximate surface area is 146 Å². The van der Waals surface area contributed by atoms with Gasteiger partial charge in [0.1, 0.15) is 0 Å². The summed E-state index contributed by atoms with van der Waals surface area (Å²) < 4.78 is 0. The molecule has 1 N–H and O–H groups in total. The van der Waals surface area contributed by atoms with Gasteiger partial charge in [0, 0.05) is 10.6 Å². The number of halogens is 1. The number of hydrazone groups is 1. The zero-order valence-corrected chi connectivity index (χ0v) is 14.0. The minimum Gasteiger partial charge on any atom is -0.273 e. The number of hydrogen-bond donors (Lipinski definition) is 1. The molecule has 3 nitrogen and oxygen atoms in total. The number of benzene rings is 3. The molecule has 0 unspecified atom stereocenters. The van der Waals surface area contributed by atoms with Crippen molar-refractivity contribution in [1.29, 1.82) is 0 Å². The summed E-state index contributed by atoms with van der Waals surface area (Å²) in [4.78, 5) is 12.0. The Balaban J connectivity index is 1.73. The van der Waals surface area contributed by atoms with Gasteiger partial charge in [0.2, 0.25) is 5.91 Å². The zero-order valence-electron chi connectivity index (χ0n) is 13.3. The van der Waals surface area contributed by atoms with Crippen molar-refractivity contribution in [1.82, 2.24) is 5.43 Å². The van der Waals surface area contributed by atoms with Crippen LogP contribution in [0.3, 0.4) is 0 Å². The molecule has 0 aliphatic rings.